The van der Waals surface area contributed by atoms with E-state index in [1.54, 1.807) is 0 Å². The monoisotopic (exact) mass is 553 g/mol. The largest absolute Gasteiger partial charge is 0.573 e. The Kier molecular flexibility index (Phi) is 8.59. The van der Waals surface area contributed by atoms with E-state index in [4.69, 9.17) is 28.9 Å². The molecule has 0 bridgehead atoms. The van der Waals surface area contributed by atoms with E-state index in [1.807, 2.05) is 4.90 Å². The van der Waals surface area contributed by atoms with Crippen LogP contribution in [0.2, 0.25) is 10.0 Å². The molecule has 3 N–H and O–H groups in total. The van der Waals surface area contributed by atoms with Gasteiger partial charge in [-0.15, -0.1) is 13.2 Å². The SMILES string of the molecule is CCS(=O)(=O)c1ccc(Cl)cc1CNC(=O)c1cc(Cl)c(CN2CCC(N)C2)c(OC(F)(F)F)c1. The fourth-order valence-electron chi connectivity index (χ4n) is 3.76. The number of nitrogens with two attached hydrogens (primary N) is 1. The fraction of sp³-hybridized carbons (Fsp3) is 0.409. The lowest BCUT2D eigenvalue weighted by molar-refractivity contribution is -0.275. The summed E-state index contributed by atoms with van der Waals surface area (Å²) < 4.78 is 68.2. The van der Waals surface area contributed by atoms with Crippen LogP contribution in [0, 0.1) is 0 Å². The molecule has 13 heteroatoms. The van der Waals surface area contributed by atoms with Crippen LogP contribution in [0.3, 0.4) is 0 Å². The average Bonchev–Trinajstić information content (AvgIpc) is 3.17. The van der Waals surface area contributed by atoms with Gasteiger partial charge in [-0.05, 0) is 42.3 Å². The van der Waals surface area contributed by atoms with Crippen LogP contribution in [0.5, 0.6) is 5.75 Å². The molecule has 3 rings (SSSR count). The Balaban J connectivity index is 1.87. The van der Waals surface area contributed by atoms with E-state index < -0.39 is 27.9 Å². The maximum Gasteiger partial charge on any atom is 0.573 e. The molecule has 1 heterocycles. The third-order valence-electron chi connectivity index (χ3n) is 5.51. The van der Waals surface area contributed by atoms with Crippen molar-refractivity contribution in [3.63, 3.8) is 0 Å². The van der Waals surface area contributed by atoms with E-state index in [-0.39, 0.29) is 56.5 Å². The van der Waals surface area contributed by atoms with Gasteiger partial charge in [0, 0.05) is 53.4 Å². The molecule has 0 saturated carbocycles. The lowest BCUT2D eigenvalue weighted by Crippen LogP contribution is -2.28. The lowest BCUT2D eigenvalue weighted by atomic mass is 10.1. The third kappa shape index (κ3) is 7.23. The first kappa shape index (κ1) is 27.5. The van der Waals surface area contributed by atoms with Gasteiger partial charge in [-0.25, -0.2) is 8.42 Å². The summed E-state index contributed by atoms with van der Waals surface area (Å²) in [7, 11) is -3.60. The summed E-state index contributed by atoms with van der Waals surface area (Å²) in [5.74, 6) is -1.52. The zero-order valence-electron chi connectivity index (χ0n) is 18.7. The van der Waals surface area contributed by atoms with E-state index in [9.17, 15) is 26.4 Å². The van der Waals surface area contributed by atoms with Crippen LogP contribution in [0.1, 0.15) is 34.8 Å². The number of rotatable bonds is 8. The summed E-state index contributed by atoms with van der Waals surface area (Å²) >= 11 is 12.3. The minimum Gasteiger partial charge on any atom is -0.405 e. The second-order valence-corrected chi connectivity index (χ2v) is 11.2. The Bertz CT molecular complexity index is 1210. The van der Waals surface area contributed by atoms with Crippen molar-refractivity contribution >= 4 is 38.9 Å². The van der Waals surface area contributed by atoms with Gasteiger partial charge in [0.1, 0.15) is 5.75 Å². The average molecular weight is 554 g/mol. The van der Waals surface area contributed by atoms with Crippen molar-refractivity contribution in [3.8, 4) is 5.75 Å². The Hall–Kier alpha value is -2.05. The van der Waals surface area contributed by atoms with Gasteiger partial charge in [-0.1, -0.05) is 30.1 Å². The number of hydrogen-bond acceptors (Lipinski definition) is 6. The van der Waals surface area contributed by atoms with Crippen molar-refractivity contribution in [2.75, 3.05) is 18.8 Å². The number of carbonyl (C=O) groups is 1. The number of benzene rings is 2. The molecule has 1 unspecified atom stereocenters. The van der Waals surface area contributed by atoms with Gasteiger partial charge in [0.15, 0.2) is 9.84 Å². The second kappa shape index (κ2) is 10.9. The number of ether oxygens (including phenoxy) is 1. The second-order valence-electron chi connectivity index (χ2n) is 8.10. The molecule has 1 fully saturated rings. The van der Waals surface area contributed by atoms with Crippen LogP contribution in [0.4, 0.5) is 13.2 Å². The quantitative estimate of drug-likeness (QED) is 0.509. The van der Waals surface area contributed by atoms with E-state index in [0.29, 0.717) is 19.5 Å². The van der Waals surface area contributed by atoms with Crippen molar-refractivity contribution in [1.29, 1.82) is 0 Å². The number of alkyl halides is 3. The molecule has 0 spiro atoms. The Morgan fingerprint density at radius 1 is 1.26 bits per heavy atom. The third-order valence-corrected chi connectivity index (χ3v) is 7.91. The molecular formula is C22H24Cl2F3N3O4S. The first-order chi connectivity index (χ1) is 16.3. The molecule has 1 aliphatic heterocycles. The standard InChI is InChI=1S/C22H24Cl2F3N3O4S/c1-2-35(32,33)20-4-3-15(23)7-14(20)10-29-21(31)13-8-18(24)17(12-30-6-5-16(28)11-30)19(9-13)34-22(25,26)27/h3-4,7-9,16H,2,5-6,10-12,28H2,1H3,(H,29,31). The van der Waals surface area contributed by atoms with E-state index in [2.05, 4.69) is 10.1 Å². The molecular weight excluding hydrogens is 530 g/mol. The molecule has 2 aromatic rings. The first-order valence-electron chi connectivity index (χ1n) is 10.6. The van der Waals surface area contributed by atoms with Gasteiger partial charge >= 0.3 is 6.36 Å². The smallest absolute Gasteiger partial charge is 0.405 e. The van der Waals surface area contributed by atoms with Gasteiger partial charge in [0.2, 0.25) is 0 Å². The Morgan fingerprint density at radius 3 is 2.57 bits per heavy atom. The molecule has 1 saturated heterocycles. The van der Waals surface area contributed by atoms with Gasteiger partial charge in [-0.2, -0.15) is 0 Å². The van der Waals surface area contributed by atoms with Gasteiger partial charge in [-0.3, -0.25) is 9.69 Å². The number of hydrogen-bond donors (Lipinski definition) is 2. The highest BCUT2D eigenvalue weighted by molar-refractivity contribution is 7.91. The highest BCUT2D eigenvalue weighted by atomic mass is 35.5. The number of amides is 1. The van der Waals surface area contributed by atoms with Gasteiger partial charge in [0.05, 0.1) is 10.6 Å². The molecule has 7 nitrogen and oxygen atoms in total. The number of carbonyl (C=O) groups excluding carboxylic acids is 1. The molecule has 35 heavy (non-hydrogen) atoms. The van der Waals surface area contributed by atoms with Crippen LogP contribution in [0.25, 0.3) is 0 Å². The molecule has 0 aromatic heterocycles. The Labute approximate surface area is 211 Å². The van der Waals surface area contributed by atoms with Crippen molar-refractivity contribution in [3.05, 3.63) is 57.1 Å². The molecule has 0 aliphatic carbocycles. The zero-order valence-corrected chi connectivity index (χ0v) is 21.0. The predicted octanol–water partition coefficient (Wildman–Crippen LogP) is 4.15. The number of likely N-dealkylation sites (tertiary alicyclic amines) is 1. The van der Waals surface area contributed by atoms with Crippen molar-refractivity contribution in [2.24, 2.45) is 5.73 Å². The van der Waals surface area contributed by atoms with E-state index >= 15 is 0 Å². The normalized spacial score (nSPS) is 16.9. The molecule has 1 aliphatic rings. The molecule has 1 atom stereocenters. The van der Waals surface area contributed by atoms with E-state index in [1.165, 1.54) is 31.2 Å². The molecule has 192 valence electrons. The minimum atomic E-state index is -5.00. The zero-order chi connectivity index (χ0) is 26.0. The van der Waals surface area contributed by atoms with Gasteiger partial charge < -0.3 is 15.8 Å². The molecule has 0 radical (unpaired) electrons. The van der Waals surface area contributed by atoms with Crippen LogP contribution < -0.4 is 15.8 Å². The van der Waals surface area contributed by atoms with Crippen LogP contribution in [-0.2, 0) is 22.9 Å². The summed E-state index contributed by atoms with van der Waals surface area (Å²) in [5.41, 5.74) is 6.02. The number of sulfone groups is 1. The predicted molar refractivity (Wildman–Crippen MR) is 126 cm³/mol. The van der Waals surface area contributed by atoms with Crippen molar-refractivity contribution in [2.45, 2.75) is 43.7 Å². The number of nitrogens with zero attached hydrogens (tertiary/aromatic N) is 1. The number of halogens is 5. The number of nitrogens with one attached hydrogen (secondary N) is 1. The highest BCUT2D eigenvalue weighted by Gasteiger charge is 2.34. The van der Waals surface area contributed by atoms with Crippen LogP contribution in [-0.4, -0.2) is 50.5 Å². The summed E-state index contributed by atoms with van der Waals surface area (Å²) in [6.07, 6.45) is -4.30. The molecule has 1 amide bonds. The van der Waals surface area contributed by atoms with Gasteiger partial charge in [0.25, 0.3) is 5.91 Å². The Morgan fingerprint density at radius 2 is 1.97 bits per heavy atom. The van der Waals surface area contributed by atoms with E-state index in [0.717, 1.165) is 6.07 Å². The van der Waals surface area contributed by atoms with Crippen LogP contribution in [0.15, 0.2) is 35.2 Å². The minimum absolute atomic E-state index is 0.00277. The summed E-state index contributed by atoms with van der Waals surface area (Å²) in [4.78, 5) is 14.6. The lowest BCUT2D eigenvalue weighted by Gasteiger charge is -2.21. The van der Waals surface area contributed by atoms with Crippen LogP contribution >= 0.6 is 23.2 Å². The molecule has 2 aromatic carbocycles. The maximum absolute atomic E-state index is 13.1. The summed E-state index contributed by atoms with van der Waals surface area (Å²) in [5, 5.41) is 2.70. The topological polar surface area (TPSA) is 102 Å². The van der Waals surface area contributed by atoms with Crippen molar-refractivity contribution < 1.29 is 31.1 Å². The first-order valence-corrected chi connectivity index (χ1v) is 13.1. The van der Waals surface area contributed by atoms with Crippen molar-refractivity contribution in [1.82, 2.24) is 10.2 Å². The summed E-state index contributed by atoms with van der Waals surface area (Å²) in [6.45, 7) is 2.41. The fourth-order valence-corrected chi connectivity index (χ4v) is 5.35. The summed E-state index contributed by atoms with van der Waals surface area (Å²) in [6, 6.07) is 6.28. The maximum atomic E-state index is 13.1. The highest BCUT2D eigenvalue weighted by Crippen LogP contribution is 2.34.